The number of carbonyl (C=O) groups is 1. The molecule has 0 spiro atoms. The molecule has 1 aliphatic rings. The fourth-order valence-corrected chi connectivity index (χ4v) is 3.68. The highest BCUT2D eigenvalue weighted by Gasteiger charge is 2.36. The van der Waals surface area contributed by atoms with E-state index in [2.05, 4.69) is 10.1 Å². The summed E-state index contributed by atoms with van der Waals surface area (Å²) in [6.07, 6.45) is 3.52. The van der Waals surface area contributed by atoms with Crippen LogP contribution in [0.15, 0.2) is 53.3 Å². The Hall–Kier alpha value is -3.39. The van der Waals surface area contributed by atoms with Crippen LogP contribution in [0, 0.1) is 5.92 Å². The van der Waals surface area contributed by atoms with Crippen LogP contribution in [-0.2, 0) is 6.42 Å². The number of carboxylic acid groups (broad SMARTS) is 1. The minimum absolute atomic E-state index is 0.00747. The van der Waals surface area contributed by atoms with Gasteiger partial charge in [-0.05, 0) is 48.4 Å². The SMILES string of the molecule is COc1ccc(-c2onc(N3C[C@@H](Cc4ccncc4)[C@@H](O)C3)c2C(=O)O)cc1. The first-order chi connectivity index (χ1) is 14.1. The lowest BCUT2D eigenvalue weighted by atomic mass is 9.97. The quantitative estimate of drug-likeness (QED) is 0.655. The van der Waals surface area contributed by atoms with Crippen LogP contribution in [0.5, 0.6) is 5.75 Å². The van der Waals surface area contributed by atoms with Crippen molar-refractivity contribution in [1.82, 2.24) is 10.1 Å². The molecule has 0 amide bonds. The van der Waals surface area contributed by atoms with Crippen LogP contribution in [0.4, 0.5) is 5.82 Å². The van der Waals surface area contributed by atoms with Crippen LogP contribution in [0.2, 0.25) is 0 Å². The highest BCUT2D eigenvalue weighted by Crippen LogP contribution is 2.35. The summed E-state index contributed by atoms with van der Waals surface area (Å²) < 4.78 is 10.6. The zero-order chi connectivity index (χ0) is 20.4. The number of hydrogen-bond donors (Lipinski definition) is 2. The van der Waals surface area contributed by atoms with Crippen LogP contribution >= 0.6 is 0 Å². The number of anilines is 1. The van der Waals surface area contributed by atoms with E-state index in [-0.39, 0.29) is 23.1 Å². The van der Waals surface area contributed by atoms with Crippen LogP contribution in [0.25, 0.3) is 11.3 Å². The summed E-state index contributed by atoms with van der Waals surface area (Å²) in [7, 11) is 1.56. The maximum atomic E-state index is 12.0. The van der Waals surface area contributed by atoms with Gasteiger partial charge in [-0.25, -0.2) is 4.79 Å². The second-order valence-electron chi connectivity index (χ2n) is 7.04. The molecule has 1 saturated heterocycles. The average molecular weight is 395 g/mol. The Kier molecular flexibility index (Phi) is 5.18. The highest BCUT2D eigenvalue weighted by molar-refractivity contribution is 5.99. The molecule has 0 aliphatic carbocycles. The number of aromatic nitrogens is 2. The molecule has 8 heteroatoms. The molecular weight excluding hydrogens is 374 g/mol. The molecule has 150 valence electrons. The number of β-amino-alcohol motifs (C(OH)–C–C–N with tert-alkyl or cyclic N) is 1. The number of aromatic carboxylic acids is 1. The molecule has 2 aromatic heterocycles. The number of ether oxygens (including phenoxy) is 1. The number of pyridine rings is 1. The summed E-state index contributed by atoms with van der Waals surface area (Å²) in [5.74, 6) is -0.0897. The predicted octanol–water partition coefficient (Wildman–Crippen LogP) is 2.48. The molecule has 2 N–H and O–H groups in total. The molecule has 3 aromatic rings. The number of hydrogen-bond acceptors (Lipinski definition) is 7. The third-order valence-corrected chi connectivity index (χ3v) is 5.19. The Balaban J connectivity index is 1.60. The summed E-state index contributed by atoms with van der Waals surface area (Å²) in [5, 5.41) is 24.4. The Labute approximate surface area is 167 Å². The molecule has 29 heavy (non-hydrogen) atoms. The van der Waals surface area contributed by atoms with Crippen molar-refractivity contribution in [3.8, 4) is 17.1 Å². The zero-order valence-electron chi connectivity index (χ0n) is 15.9. The van der Waals surface area contributed by atoms with E-state index in [0.717, 1.165) is 5.56 Å². The molecule has 0 radical (unpaired) electrons. The Bertz CT molecular complexity index is 987. The first kappa shape index (κ1) is 18.9. The fourth-order valence-electron chi connectivity index (χ4n) is 3.68. The number of nitrogens with zero attached hydrogens (tertiary/aromatic N) is 3. The van der Waals surface area contributed by atoms with Gasteiger partial charge in [-0.15, -0.1) is 0 Å². The lowest BCUT2D eigenvalue weighted by Crippen LogP contribution is -2.23. The van der Waals surface area contributed by atoms with E-state index in [0.29, 0.717) is 30.8 Å². The van der Waals surface area contributed by atoms with Gasteiger partial charge in [0.15, 0.2) is 17.1 Å². The number of aliphatic hydroxyl groups excluding tert-OH is 1. The molecule has 1 fully saturated rings. The molecule has 4 rings (SSSR count). The van der Waals surface area contributed by atoms with Crippen LogP contribution in [0.3, 0.4) is 0 Å². The van der Waals surface area contributed by atoms with Gasteiger partial charge in [0.1, 0.15) is 5.75 Å². The minimum Gasteiger partial charge on any atom is -0.497 e. The molecule has 0 unspecified atom stereocenters. The summed E-state index contributed by atoms with van der Waals surface area (Å²) in [4.78, 5) is 17.8. The van der Waals surface area contributed by atoms with E-state index >= 15 is 0 Å². The van der Waals surface area contributed by atoms with E-state index in [1.807, 2.05) is 12.1 Å². The van der Waals surface area contributed by atoms with Gasteiger partial charge in [-0.2, -0.15) is 0 Å². The lowest BCUT2D eigenvalue weighted by Gasteiger charge is -2.15. The van der Waals surface area contributed by atoms with Crippen LogP contribution < -0.4 is 9.64 Å². The lowest BCUT2D eigenvalue weighted by molar-refractivity contribution is 0.0697. The van der Waals surface area contributed by atoms with Crippen molar-refractivity contribution in [3.05, 3.63) is 59.9 Å². The summed E-state index contributed by atoms with van der Waals surface area (Å²) in [5.41, 5.74) is 1.66. The molecule has 1 aromatic carbocycles. The molecule has 8 nitrogen and oxygen atoms in total. The van der Waals surface area contributed by atoms with Gasteiger partial charge in [0.05, 0.1) is 13.2 Å². The fraction of sp³-hybridized carbons (Fsp3) is 0.286. The maximum absolute atomic E-state index is 12.0. The molecule has 1 aliphatic heterocycles. The maximum Gasteiger partial charge on any atom is 0.343 e. The summed E-state index contributed by atoms with van der Waals surface area (Å²) in [6, 6.07) is 10.7. The first-order valence-corrected chi connectivity index (χ1v) is 9.26. The first-order valence-electron chi connectivity index (χ1n) is 9.26. The van der Waals surface area contributed by atoms with Gasteiger partial charge in [-0.3, -0.25) is 4.98 Å². The molecule has 2 atom stereocenters. The monoisotopic (exact) mass is 395 g/mol. The Morgan fingerprint density at radius 2 is 1.93 bits per heavy atom. The predicted molar refractivity (Wildman–Crippen MR) is 105 cm³/mol. The van der Waals surface area contributed by atoms with Crippen molar-refractivity contribution in [2.45, 2.75) is 12.5 Å². The van der Waals surface area contributed by atoms with Crippen molar-refractivity contribution in [1.29, 1.82) is 0 Å². The standard InChI is InChI=1S/C21H21N3O5/c1-28-16-4-2-14(3-5-16)19-18(21(26)27)20(23-29-19)24-11-15(17(25)12-24)10-13-6-8-22-9-7-13/h2-9,15,17,25H,10-12H2,1H3,(H,26,27)/t15-,17+/m1/s1. The van der Waals surface area contributed by atoms with Gasteiger partial charge in [0.25, 0.3) is 0 Å². The molecule has 0 saturated carbocycles. The third kappa shape index (κ3) is 3.79. The van der Waals surface area contributed by atoms with E-state index in [1.165, 1.54) is 0 Å². The van der Waals surface area contributed by atoms with Crippen molar-refractivity contribution >= 4 is 11.8 Å². The van der Waals surface area contributed by atoms with Crippen molar-refractivity contribution in [2.75, 3.05) is 25.1 Å². The van der Waals surface area contributed by atoms with Crippen LogP contribution in [-0.4, -0.2) is 52.6 Å². The van der Waals surface area contributed by atoms with Gasteiger partial charge in [0, 0.05) is 37.0 Å². The second-order valence-corrected chi connectivity index (χ2v) is 7.04. The van der Waals surface area contributed by atoms with Gasteiger partial charge in [0.2, 0.25) is 0 Å². The number of aliphatic hydroxyl groups is 1. The molecular formula is C21H21N3O5. The van der Waals surface area contributed by atoms with Gasteiger partial charge in [-0.1, -0.05) is 5.16 Å². The normalized spacial score (nSPS) is 18.8. The number of rotatable bonds is 6. The van der Waals surface area contributed by atoms with Crippen LogP contribution in [0.1, 0.15) is 15.9 Å². The summed E-state index contributed by atoms with van der Waals surface area (Å²) >= 11 is 0. The Morgan fingerprint density at radius 1 is 1.21 bits per heavy atom. The van der Waals surface area contributed by atoms with E-state index in [9.17, 15) is 15.0 Å². The van der Waals surface area contributed by atoms with Gasteiger partial charge >= 0.3 is 5.97 Å². The smallest absolute Gasteiger partial charge is 0.343 e. The van der Waals surface area contributed by atoms with Crippen molar-refractivity contribution in [2.24, 2.45) is 5.92 Å². The molecule has 0 bridgehead atoms. The molecule has 3 heterocycles. The largest absolute Gasteiger partial charge is 0.497 e. The number of carboxylic acids is 1. The third-order valence-electron chi connectivity index (χ3n) is 5.19. The topological polar surface area (TPSA) is 109 Å². The number of methoxy groups -OCH3 is 1. The van der Waals surface area contributed by atoms with Crippen molar-refractivity contribution in [3.63, 3.8) is 0 Å². The second kappa shape index (κ2) is 7.92. The highest BCUT2D eigenvalue weighted by atomic mass is 16.5. The van der Waals surface area contributed by atoms with E-state index < -0.39 is 12.1 Å². The van der Waals surface area contributed by atoms with Gasteiger partial charge < -0.3 is 24.4 Å². The minimum atomic E-state index is -1.13. The summed E-state index contributed by atoms with van der Waals surface area (Å²) in [6.45, 7) is 0.781. The number of benzene rings is 1. The zero-order valence-corrected chi connectivity index (χ0v) is 15.9. The van der Waals surface area contributed by atoms with E-state index in [1.54, 1.807) is 48.7 Å². The van der Waals surface area contributed by atoms with E-state index in [4.69, 9.17) is 9.26 Å². The van der Waals surface area contributed by atoms with Crippen molar-refractivity contribution < 1.29 is 24.3 Å². The Morgan fingerprint density at radius 3 is 2.59 bits per heavy atom. The average Bonchev–Trinajstić information content (AvgIpc) is 3.33.